The SMILES string of the molecule is CC1(C)c2cc(-c3ccccc3)ccc2-c2c1cc(-c1ccccc1)c1c2Sc2cc(-c3ccccc3)cc3c4ccccc4n-1c23. The molecule has 2 aliphatic rings. The van der Waals surface area contributed by atoms with Crippen molar-refractivity contribution in [3.05, 3.63) is 163 Å². The number of benzene rings is 7. The average Bonchev–Trinajstić information content (AvgIpc) is 3.58. The van der Waals surface area contributed by atoms with Crippen molar-refractivity contribution in [3.8, 4) is 50.2 Å². The summed E-state index contributed by atoms with van der Waals surface area (Å²) in [4.78, 5) is 2.66. The van der Waals surface area contributed by atoms with E-state index in [0.29, 0.717) is 0 Å². The van der Waals surface area contributed by atoms with E-state index in [4.69, 9.17) is 0 Å². The summed E-state index contributed by atoms with van der Waals surface area (Å²) in [5, 5.41) is 2.60. The minimum atomic E-state index is -0.158. The Bertz CT molecular complexity index is 2540. The summed E-state index contributed by atoms with van der Waals surface area (Å²) in [6, 6.07) is 56.0. The minimum absolute atomic E-state index is 0.158. The zero-order valence-electron chi connectivity index (χ0n) is 26.3. The zero-order chi connectivity index (χ0) is 31.3. The van der Waals surface area contributed by atoms with Crippen LogP contribution >= 0.6 is 11.8 Å². The van der Waals surface area contributed by atoms with E-state index in [0.717, 1.165) is 0 Å². The Balaban J connectivity index is 1.33. The Kier molecular flexibility index (Phi) is 5.63. The molecule has 2 heteroatoms. The lowest BCUT2D eigenvalue weighted by molar-refractivity contribution is 0.660. The summed E-state index contributed by atoms with van der Waals surface area (Å²) in [6.45, 7) is 4.82. The van der Waals surface area contributed by atoms with E-state index in [9.17, 15) is 0 Å². The Labute approximate surface area is 279 Å². The highest BCUT2D eigenvalue weighted by molar-refractivity contribution is 8.00. The molecule has 0 unspecified atom stereocenters. The van der Waals surface area contributed by atoms with Crippen LogP contribution in [0.5, 0.6) is 0 Å². The van der Waals surface area contributed by atoms with Gasteiger partial charge in [-0.05, 0) is 74.8 Å². The molecule has 1 aliphatic heterocycles. The molecule has 2 heterocycles. The van der Waals surface area contributed by atoms with Gasteiger partial charge in [-0.15, -0.1) is 0 Å². The minimum Gasteiger partial charge on any atom is -0.306 e. The topological polar surface area (TPSA) is 4.93 Å². The lowest BCUT2D eigenvalue weighted by atomic mass is 9.80. The van der Waals surface area contributed by atoms with Gasteiger partial charge in [0.05, 0.1) is 16.7 Å². The Morgan fingerprint density at radius 1 is 0.489 bits per heavy atom. The van der Waals surface area contributed by atoms with Gasteiger partial charge in [0.25, 0.3) is 0 Å². The molecule has 8 aromatic rings. The van der Waals surface area contributed by atoms with Gasteiger partial charge in [-0.3, -0.25) is 0 Å². The first kappa shape index (κ1) is 26.9. The van der Waals surface area contributed by atoms with Crippen LogP contribution in [0.4, 0.5) is 0 Å². The quantitative estimate of drug-likeness (QED) is 0.191. The van der Waals surface area contributed by atoms with Crippen LogP contribution in [-0.2, 0) is 5.41 Å². The van der Waals surface area contributed by atoms with Crippen LogP contribution < -0.4 is 0 Å². The van der Waals surface area contributed by atoms with Crippen molar-refractivity contribution in [2.45, 2.75) is 29.1 Å². The molecular formula is C45H31NS. The van der Waals surface area contributed by atoms with Gasteiger partial charge in [0.15, 0.2) is 0 Å². The molecule has 1 aliphatic carbocycles. The van der Waals surface area contributed by atoms with Crippen molar-refractivity contribution in [3.63, 3.8) is 0 Å². The van der Waals surface area contributed by atoms with Crippen LogP contribution in [0.15, 0.2) is 161 Å². The molecule has 0 atom stereocenters. The van der Waals surface area contributed by atoms with Crippen molar-refractivity contribution in [1.82, 2.24) is 4.57 Å². The van der Waals surface area contributed by atoms with Crippen LogP contribution in [0.1, 0.15) is 25.0 Å². The Hall–Kier alpha value is -5.31. The molecule has 222 valence electrons. The van der Waals surface area contributed by atoms with Gasteiger partial charge < -0.3 is 4.57 Å². The third-order valence-electron chi connectivity index (χ3n) is 10.4. The normalized spacial score (nSPS) is 13.8. The predicted molar refractivity (Wildman–Crippen MR) is 199 cm³/mol. The molecule has 47 heavy (non-hydrogen) atoms. The van der Waals surface area contributed by atoms with E-state index in [1.54, 1.807) is 0 Å². The largest absolute Gasteiger partial charge is 0.306 e. The number of aromatic nitrogens is 1. The second kappa shape index (κ2) is 9.84. The highest BCUT2D eigenvalue weighted by Gasteiger charge is 2.41. The molecule has 0 fully saturated rings. The summed E-state index contributed by atoms with van der Waals surface area (Å²) in [5.41, 5.74) is 16.8. The van der Waals surface area contributed by atoms with Crippen LogP contribution in [0, 0.1) is 0 Å². The first-order valence-corrected chi connectivity index (χ1v) is 17.2. The molecule has 1 aromatic heterocycles. The zero-order valence-corrected chi connectivity index (χ0v) is 27.1. The van der Waals surface area contributed by atoms with Gasteiger partial charge in [0.2, 0.25) is 0 Å². The molecule has 0 spiro atoms. The van der Waals surface area contributed by atoms with E-state index in [1.807, 2.05) is 11.8 Å². The second-order valence-corrected chi connectivity index (χ2v) is 14.4. The van der Waals surface area contributed by atoms with E-state index in [-0.39, 0.29) is 5.41 Å². The average molecular weight is 618 g/mol. The molecule has 0 bridgehead atoms. The third kappa shape index (κ3) is 3.79. The number of fused-ring (bicyclic) bond motifs is 9. The number of rotatable bonds is 3. The van der Waals surface area contributed by atoms with E-state index in [1.165, 1.54) is 92.9 Å². The van der Waals surface area contributed by atoms with Gasteiger partial charge in [-0.25, -0.2) is 0 Å². The standard InChI is InChI=1S/C45H31NS/c1-45(2)37-25-31(28-14-6-3-7-15-28)22-23-34(37)41-38(45)27-35(30-18-10-5-11-19-30)43-44(41)47-40-26-32(29-16-8-4-9-17-29)24-36-33-20-12-13-21-39(33)46(43)42(36)40/h3-27H,1-2H3. The number of hydrogen-bond donors (Lipinski definition) is 0. The summed E-state index contributed by atoms with van der Waals surface area (Å²) >= 11 is 1.96. The van der Waals surface area contributed by atoms with Crippen molar-refractivity contribution in [2.24, 2.45) is 0 Å². The molecule has 0 radical (unpaired) electrons. The van der Waals surface area contributed by atoms with Crippen LogP contribution in [-0.4, -0.2) is 4.57 Å². The molecule has 7 aromatic carbocycles. The van der Waals surface area contributed by atoms with Crippen LogP contribution in [0.25, 0.3) is 72.0 Å². The molecular weight excluding hydrogens is 587 g/mol. The van der Waals surface area contributed by atoms with Gasteiger partial charge in [0, 0.05) is 37.1 Å². The van der Waals surface area contributed by atoms with E-state index in [2.05, 4.69) is 170 Å². The summed E-state index contributed by atoms with van der Waals surface area (Å²) in [6.07, 6.45) is 0. The molecule has 0 saturated heterocycles. The van der Waals surface area contributed by atoms with E-state index < -0.39 is 0 Å². The highest BCUT2D eigenvalue weighted by atomic mass is 32.2. The molecule has 0 amide bonds. The van der Waals surface area contributed by atoms with E-state index >= 15 is 0 Å². The fourth-order valence-electron chi connectivity index (χ4n) is 8.08. The summed E-state index contributed by atoms with van der Waals surface area (Å²) in [7, 11) is 0. The van der Waals surface area contributed by atoms with Gasteiger partial charge in [-0.1, -0.05) is 147 Å². The number of para-hydroxylation sites is 1. The molecule has 0 saturated carbocycles. The fourth-order valence-corrected chi connectivity index (χ4v) is 9.40. The Morgan fingerprint density at radius 2 is 1.13 bits per heavy atom. The molecule has 10 rings (SSSR count). The first-order chi connectivity index (χ1) is 23.1. The molecule has 1 nitrogen and oxygen atoms in total. The van der Waals surface area contributed by atoms with Gasteiger partial charge in [-0.2, -0.15) is 0 Å². The second-order valence-electron chi connectivity index (χ2n) is 13.3. The predicted octanol–water partition coefficient (Wildman–Crippen LogP) is 12.6. The monoisotopic (exact) mass is 617 g/mol. The van der Waals surface area contributed by atoms with Crippen molar-refractivity contribution < 1.29 is 0 Å². The maximum absolute atomic E-state index is 2.58. The summed E-state index contributed by atoms with van der Waals surface area (Å²) in [5.74, 6) is 0. The maximum Gasteiger partial charge on any atom is 0.0687 e. The molecule has 0 N–H and O–H groups in total. The lowest BCUT2D eigenvalue weighted by Gasteiger charge is -2.28. The maximum atomic E-state index is 2.58. The third-order valence-corrected chi connectivity index (χ3v) is 11.5. The van der Waals surface area contributed by atoms with Crippen molar-refractivity contribution in [2.75, 3.05) is 0 Å². The van der Waals surface area contributed by atoms with Gasteiger partial charge in [0.1, 0.15) is 0 Å². The first-order valence-electron chi connectivity index (χ1n) is 16.4. The van der Waals surface area contributed by atoms with Crippen molar-refractivity contribution >= 4 is 33.6 Å². The number of nitrogens with zero attached hydrogens (tertiary/aromatic N) is 1. The lowest BCUT2D eigenvalue weighted by Crippen LogP contribution is -2.16. The fraction of sp³-hybridized carbons (Fsp3) is 0.0667. The summed E-state index contributed by atoms with van der Waals surface area (Å²) < 4.78 is 2.58. The smallest absolute Gasteiger partial charge is 0.0687 e. The van der Waals surface area contributed by atoms with Crippen molar-refractivity contribution in [1.29, 1.82) is 0 Å². The highest BCUT2D eigenvalue weighted by Crippen LogP contribution is 2.60. The van der Waals surface area contributed by atoms with Crippen LogP contribution in [0.2, 0.25) is 0 Å². The number of hydrogen-bond acceptors (Lipinski definition) is 1. The van der Waals surface area contributed by atoms with Crippen LogP contribution in [0.3, 0.4) is 0 Å². The Morgan fingerprint density at radius 3 is 1.85 bits per heavy atom. The van der Waals surface area contributed by atoms with Gasteiger partial charge >= 0.3 is 0 Å².